The third-order valence-corrected chi connectivity index (χ3v) is 9.31. The number of hydrogen-bond acceptors (Lipinski definition) is 5. The molecule has 0 radical (unpaired) electrons. The Morgan fingerprint density at radius 1 is 0.881 bits per heavy atom. The number of ether oxygens (including phenoxy) is 1. The molecule has 0 unspecified atom stereocenters. The van der Waals surface area contributed by atoms with Crippen LogP contribution in [0.4, 0.5) is 4.79 Å². The van der Waals surface area contributed by atoms with Gasteiger partial charge in [-0.1, -0.05) is 48.5 Å². The average molecular weight is 567 g/mol. The van der Waals surface area contributed by atoms with Gasteiger partial charge in [0.1, 0.15) is 11.4 Å². The van der Waals surface area contributed by atoms with E-state index in [4.69, 9.17) is 9.73 Å². The van der Waals surface area contributed by atoms with Crippen molar-refractivity contribution in [2.75, 3.05) is 45.9 Å². The van der Waals surface area contributed by atoms with E-state index < -0.39 is 5.54 Å². The van der Waals surface area contributed by atoms with Crippen molar-refractivity contribution < 1.29 is 14.3 Å². The summed E-state index contributed by atoms with van der Waals surface area (Å²) in [7, 11) is 1.92. The number of amidine groups is 1. The van der Waals surface area contributed by atoms with E-state index in [0.29, 0.717) is 39.1 Å². The van der Waals surface area contributed by atoms with Crippen LogP contribution in [0.15, 0.2) is 65.9 Å². The number of amides is 3. The molecule has 5 heterocycles. The van der Waals surface area contributed by atoms with Gasteiger partial charge in [-0.15, -0.1) is 0 Å². The van der Waals surface area contributed by atoms with Gasteiger partial charge in [0.05, 0.1) is 6.20 Å². The second-order valence-corrected chi connectivity index (χ2v) is 12.1. The smallest absolute Gasteiger partial charge is 0.320 e. The number of aromatic nitrogens is 2. The van der Waals surface area contributed by atoms with Crippen molar-refractivity contribution in [1.82, 2.24) is 24.5 Å². The molecule has 4 aliphatic heterocycles. The number of urea groups is 1. The SMILES string of the molecule is Cn1cc(-c2ccc(-c3ccc(C4=NC5(CCOCC5)C(=O)N4C[C@@H]4CCN(C(=O)N5CCCC5)C4)cc3)cc2)cn1. The lowest BCUT2D eigenvalue weighted by Crippen LogP contribution is -2.47. The molecule has 4 aliphatic rings. The molecule has 3 saturated heterocycles. The molecule has 1 spiro atoms. The molecule has 0 aliphatic carbocycles. The number of carbonyl (C=O) groups is 2. The number of rotatable bonds is 5. The summed E-state index contributed by atoms with van der Waals surface area (Å²) in [4.78, 5) is 38.0. The fourth-order valence-electron chi connectivity index (χ4n) is 6.84. The van der Waals surface area contributed by atoms with Crippen LogP contribution in [0.2, 0.25) is 0 Å². The first kappa shape index (κ1) is 26.9. The summed E-state index contributed by atoms with van der Waals surface area (Å²) in [5.41, 5.74) is 4.68. The number of hydrogen-bond donors (Lipinski definition) is 0. The third-order valence-electron chi connectivity index (χ3n) is 9.31. The lowest BCUT2D eigenvalue weighted by atomic mass is 9.90. The monoisotopic (exact) mass is 566 g/mol. The maximum absolute atomic E-state index is 14.0. The summed E-state index contributed by atoms with van der Waals surface area (Å²) in [5, 5.41) is 4.28. The lowest BCUT2D eigenvalue weighted by molar-refractivity contribution is -0.134. The van der Waals surface area contributed by atoms with E-state index in [-0.39, 0.29) is 17.9 Å². The minimum Gasteiger partial charge on any atom is -0.381 e. The van der Waals surface area contributed by atoms with Crippen LogP contribution in [0.1, 0.15) is 37.7 Å². The van der Waals surface area contributed by atoms with Crippen LogP contribution in [0.25, 0.3) is 22.3 Å². The van der Waals surface area contributed by atoms with E-state index in [1.807, 2.05) is 38.8 Å². The second-order valence-electron chi connectivity index (χ2n) is 12.1. The van der Waals surface area contributed by atoms with E-state index in [1.54, 1.807) is 0 Å². The molecule has 1 aromatic heterocycles. The van der Waals surface area contributed by atoms with Crippen molar-refractivity contribution in [2.24, 2.45) is 18.0 Å². The van der Waals surface area contributed by atoms with Crippen molar-refractivity contribution >= 4 is 17.8 Å². The summed E-state index contributed by atoms with van der Waals surface area (Å²) >= 11 is 0. The first-order valence-electron chi connectivity index (χ1n) is 15.2. The Bertz CT molecular complexity index is 1480. The molecule has 7 rings (SSSR count). The standard InChI is InChI=1S/C33H38N6O3/c1-36-23-29(20-34-36)27-6-4-25(5-7-27)26-8-10-28(11-9-26)30-35-33(13-18-42-19-14-33)31(40)39(30)22-24-12-17-38(21-24)32(41)37-15-2-3-16-37/h4-11,20,23-24H,2-3,12-19,21-22H2,1H3/t24-/m1/s1. The molecule has 1 atom stereocenters. The van der Waals surface area contributed by atoms with Crippen molar-refractivity contribution in [2.45, 2.75) is 37.6 Å². The number of likely N-dealkylation sites (tertiary alicyclic amines) is 2. The highest BCUT2D eigenvalue weighted by Crippen LogP contribution is 2.36. The highest BCUT2D eigenvalue weighted by atomic mass is 16.5. The Morgan fingerprint density at radius 2 is 1.50 bits per heavy atom. The summed E-state index contributed by atoms with van der Waals surface area (Å²) in [6.45, 7) is 4.84. The Morgan fingerprint density at radius 3 is 2.12 bits per heavy atom. The molecule has 42 heavy (non-hydrogen) atoms. The molecule has 0 bridgehead atoms. The summed E-state index contributed by atoms with van der Waals surface area (Å²) in [6, 6.07) is 17.0. The topological polar surface area (TPSA) is 83.3 Å². The van der Waals surface area contributed by atoms with Crippen LogP contribution in [0.3, 0.4) is 0 Å². The van der Waals surface area contributed by atoms with Crippen molar-refractivity contribution in [3.63, 3.8) is 0 Å². The Labute approximate surface area is 246 Å². The molecule has 3 aromatic rings. The fraction of sp³-hybridized carbons (Fsp3) is 0.455. The summed E-state index contributed by atoms with van der Waals surface area (Å²) in [6.07, 6.45) is 8.19. The first-order valence-corrected chi connectivity index (χ1v) is 15.2. The number of benzene rings is 2. The van der Waals surface area contributed by atoms with E-state index in [9.17, 15) is 9.59 Å². The third kappa shape index (κ3) is 5.00. The van der Waals surface area contributed by atoms with E-state index in [2.05, 4.69) is 53.6 Å². The van der Waals surface area contributed by atoms with Crippen LogP contribution < -0.4 is 0 Å². The van der Waals surface area contributed by atoms with Crippen LogP contribution >= 0.6 is 0 Å². The van der Waals surface area contributed by atoms with E-state index in [0.717, 1.165) is 72.5 Å². The molecule has 3 amide bonds. The molecule has 0 saturated carbocycles. The first-order chi connectivity index (χ1) is 20.5. The zero-order chi connectivity index (χ0) is 28.7. The number of nitrogens with zero attached hydrogens (tertiary/aromatic N) is 6. The molecule has 9 heteroatoms. The van der Waals surface area contributed by atoms with Gasteiger partial charge >= 0.3 is 6.03 Å². The highest BCUT2D eigenvalue weighted by molar-refractivity contribution is 6.15. The summed E-state index contributed by atoms with van der Waals surface area (Å²) < 4.78 is 7.42. The second kappa shape index (κ2) is 11.0. The molecule has 3 fully saturated rings. The van der Waals surface area contributed by atoms with Gasteiger partial charge in [-0.2, -0.15) is 5.10 Å². The van der Waals surface area contributed by atoms with Crippen LogP contribution in [0, 0.1) is 5.92 Å². The van der Waals surface area contributed by atoms with Gasteiger partial charge in [0.15, 0.2) is 0 Å². The maximum Gasteiger partial charge on any atom is 0.320 e. The lowest BCUT2D eigenvalue weighted by Gasteiger charge is -2.30. The van der Waals surface area contributed by atoms with Gasteiger partial charge in [0, 0.05) is 83.2 Å². The minimum absolute atomic E-state index is 0.0835. The van der Waals surface area contributed by atoms with Gasteiger partial charge in [0.2, 0.25) is 0 Å². The van der Waals surface area contributed by atoms with E-state index >= 15 is 0 Å². The maximum atomic E-state index is 14.0. The number of carbonyl (C=O) groups excluding carboxylic acids is 2. The van der Waals surface area contributed by atoms with Crippen LogP contribution in [-0.4, -0.2) is 93.7 Å². The van der Waals surface area contributed by atoms with Gasteiger partial charge in [-0.3, -0.25) is 19.4 Å². The normalized spacial score (nSPS) is 21.9. The molecular weight excluding hydrogens is 528 g/mol. The van der Waals surface area contributed by atoms with Gasteiger partial charge in [-0.05, 0) is 41.9 Å². The van der Waals surface area contributed by atoms with Crippen LogP contribution in [0.5, 0.6) is 0 Å². The van der Waals surface area contributed by atoms with Crippen molar-refractivity contribution in [3.8, 4) is 22.3 Å². The highest BCUT2D eigenvalue weighted by Gasteiger charge is 2.50. The molecule has 2 aromatic carbocycles. The predicted octanol–water partition coefficient (Wildman–Crippen LogP) is 4.43. The predicted molar refractivity (Wildman–Crippen MR) is 161 cm³/mol. The Kier molecular flexibility index (Phi) is 7.06. The number of aliphatic imine (C=N–C) groups is 1. The number of aryl methyl sites for hydroxylation is 1. The molecule has 9 nitrogen and oxygen atoms in total. The van der Waals surface area contributed by atoms with Gasteiger partial charge < -0.3 is 14.5 Å². The molecule has 0 N–H and O–H groups in total. The zero-order valence-corrected chi connectivity index (χ0v) is 24.2. The fourth-order valence-corrected chi connectivity index (χ4v) is 6.84. The zero-order valence-electron chi connectivity index (χ0n) is 24.2. The Balaban J connectivity index is 1.10. The minimum atomic E-state index is -0.738. The van der Waals surface area contributed by atoms with Gasteiger partial charge in [-0.25, -0.2) is 4.79 Å². The molecular formula is C33H38N6O3. The quantitative estimate of drug-likeness (QED) is 0.458. The largest absolute Gasteiger partial charge is 0.381 e. The van der Waals surface area contributed by atoms with Crippen molar-refractivity contribution in [3.05, 3.63) is 66.5 Å². The average Bonchev–Trinajstić information content (AvgIpc) is 3.84. The van der Waals surface area contributed by atoms with E-state index in [1.165, 1.54) is 0 Å². The summed E-state index contributed by atoms with van der Waals surface area (Å²) in [5.74, 6) is 1.07. The van der Waals surface area contributed by atoms with Crippen LogP contribution in [-0.2, 0) is 16.6 Å². The Hall–Kier alpha value is -3.98. The van der Waals surface area contributed by atoms with Gasteiger partial charge in [0.25, 0.3) is 5.91 Å². The molecule has 218 valence electrons. The van der Waals surface area contributed by atoms with Crippen molar-refractivity contribution in [1.29, 1.82) is 0 Å².